The second-order valence-electron chi connectivity index (χ2n) is 6.79. The summed E-state index contributed by atoms with van der Waals surface area (Å²) in [5, 5.41) is 12.9. The molecule has 0 aliphatic carbocycles. The lowest BCUT2D eigenvalue weighted by Crippen LogP contribution is -2.16. The molecule has 2 aromatic carbocycles. The summed E-state index contributed by atoms with van der Waals surface area (Å²) in [5.41, 5.74) is 2.87. The molecule has 0 radical (unpaired) electrons. The van der Waals surface area contributed by atoms with Crippen molar-refractivity contribution in [3.63, 3.8) is 0 Å². The van der Waals surface area contributed by atoms with Crippen LogP contribution in [0.3, 0.4) is 0 Å². The molecule has 29 heavy (non-hydrogen) atoms. The van der Waals surface area contributed by atoms with Gasteiger partial charge in [-0.2, -0.15) is 0 Å². The van der Waals surface area contributed by atoms with E-state index in [4.69, 9.17) is 11.6 Å². The highest BCUT2D eigenvalue weighted by Crippen LogP contribution is 2.27. The third-order valence-corrected chi connectivity index (χ3v) is 5.54. The number of nitrogens with zero attached hydrogens (tertiary/aromatic N) is 3. The van der Waals surface area contributed by atoms with Crippen molar-refractivity contribution in [1.29, 1.82) is 0 Å². The molecule has 1 N–H and O–H groups in total. The summed E-state index contributed by atoms with van der Waals surface area (Å²) in [6.45, 7) is 8.58. The Morgan fingerprint density at radius 3 is 2.62 bits per heavy atom. The Morgan fingerprint density at radius 1 is 1.21 bits per heavy atom. The van der Waals surface area contributed by atoms with Gasteiger partial charge in [-0.05, 0) is 41.8 Å². The number of nitrogens with one attached hydrogen (secondary N) is 1. The van der Waals surface area contributed by atoms with Gasteiger partial charge in [0.1, 0.15) is 0 Å². The van der Waals surface area contributed by atoms with Gasteiger partial charge in [0.15, 0.2) is 11.0 Å². The van der Waals surface area contributed by atoms with Gasteiger partial charge in [0, 0.05) is 22.8 Å². The Hall–Kier alpha value is -2.57. The van der Waals surface area contributed by atoms with Crippen molar-refractivity contribution in [2.75, 3.05) is 11.1 Å². The van der Waals surface area contributed by atoms with Gasteiger partial charge in [-0.1, -0.05) is 61.5 Å². The van der Waals surface area contributed by atoms with Crippen LogP contribution in [0.4, 0.5) is 5.69 Å². The Balaban J connectivity index is 1.73. The fourth-order valence-corrected chi connectivity index (χ4v) is 3.81. The number of rotatable bonds is 8. The van der Waals surface area contributed by atoms with Crippen LogP contribution in [0.1, 0.15) is 25.3 Å². The summed E-state index contributed by atoms with van der Waals surface area (Å²) in [6, 6.07) is 15.3. The number of aromatic nitrogens is 3. The largest absolute Gasteiger partial charge is 0.325 e. The average Bonchev–Trinajstić information content (AvgIpc) is 3.10. The fourth-order valence-electron chi connectivity index (χ4n) is 2.93. The van der Waals surface area contributed by atoms with Gasteiger partial charge in [-0.3, -0.25) is 9.36 Å². The fraction of sp³-hybridized carbons (Fsp3) is 0.227. The quantitative estimate of drug-likeness (QED) is 0.374. The number of halogens is 1. The molecule has 0 aliphatic heterocycles. The molecule has 3 rings (SSSR count). The van der Waals surface area contributed by atoms with Crippen LogP contribution < -0.4 is 5.32 Å². The molecule has 0 aliphatic rings. The monoisotopic (exact) mass is 426 g/mol. The topological polar surface area (TPSA) is 59.8 Å². The molecule has 3 aromatic rings. The molecule has 0 saturated carbocycles. The molecule has 0 fully saturated rings. The predicted molar refractivity (Wildman–Crippen MR) is 121 cm³/mol. The number of benzene rings is 2. The maximum atomic E-state index is 12.5. The zero-order chi connectivity index (χ0) is 20.8. The van der Waals surface area contributed by atoms with Crippen molar-refractivity contribution >= 4 is 35.0 Å². The molecule has 150 valence electrons. The van der Waals surface area contributed by atoms with Crippen LogP contribution in [-0.4, -0.2) is 26.4 Å². The van der Waals surface area contributed by atoms with Gasteiger partial charge in [-0.25, -0.2) is 0 Å². The molecule has 0 saturated heterocycles. The lowest BCUT2D eigenvalue weighted by atomic mass is 10.0. The Bertz CT molecular complexity index is 998. The molecule has 7 heteroatoms. The molecule has 1 amide bonds. The SMILES string of the molecule is C=CCn1c(SCC(=O)Nc2ccccc2C(C)C)nnc1-c1ccc(Cl)cc1. The first kappa shape index (κ1) is 21.1. The number of hydrogen-bond acceptors (Lipinski definition) is 4. The smallest absolute Gasteiger partial charge is 0.234 e. The number of hydrogen-bond donors (Lipinski definition) is 1. The Morgan fingerprint density at radius 2 is 1.93 bits per heavy atom. The van der Waals surface area contributed by atoms with Crippen molar-refractivity contribution in [2.24, 2.45) is 0 Å². The minimum Gasteiger partial charge on any atom is -0.325 e. The van der Waals surface area contributed by atoms with Crippen molar-refractivity contribution in [3.05, 3.63) is 71.8 Å². The highest BCUT2D eigenvalue weighted by molar-refractivity contribution is 7.99. The Labute approximate surface area is 180 Å². The molecule has 1 heterocycles. The van der Waals surface area contributed by atoms with Crippen LogP contribution in [0.25, 0.3) is 11.4 Å². The first-order valence-corrected chi connectivity index (χ1v) is 10.7. The molecule has 0 spiro atoms. The number of para-hydroxylation sites is 1. The third kappa shape index (κ3) is 5.28. The van der Waals surface area contributed by atoms with E-state index in [1.807, 2.05) is 53.1 Å². The summed E-state index contributed by atoms with van der Waals surface area (Å²) in [7, 11) is 0. The van der Waals surface area contributed by atoms with Crippen LogP contribution in [0, 0.1) is 0 Å². The van der Waals surface area contributed by atoms with Crippen molar-refractivity contribution < 1.29 is 4.79 Å². The third-order valence-electron chi connectivity index (χ3n) is 4.32. The first-order chi connectivity index (χ1) is 14.0. The minimum atomic E-state index is -0.0794. The van der Waals surface area contributed by atoms with Crippen molar-refractivity contribution in [1.82, 2.24) is 14.8 Å². The molecule has 0 bridgehead atoms. The number of carbonyl (C=O) groups excluding carboxylic acids is 1. The van der Waals surface area contributed by atoms with Gasteiger partial charge in [0.2, 0.25) is 5.91 Å². The predicted octanol–water partition coefficient (Wildman–Crippen LogP) is 5.64. The summed E-state index contributed by atoms with van der Waals surface area (Å²) in [5.74, 6) is 1.21. The van der Waals surface area contributed by atoms with Gasteiger partial charge >= 0.3 is 0 Å². The Kier molecular flexibility index (Phi) is 7.12. The van der Waals surface area contributed by atoms with Gasteiger partial charge in [0.05, 0.1) is 5.75 Å². The van der Waals surface area contributed by atoms with E-state index in [1.54, 1.807) is 6.08 Å². The van der Waals surface area contributed by atoms with E-state index in [0.29, 0.717) is 22.6 Å². The van der Waals surface area contributed by atoms with Gasteiger partial charge in [-0.15, -0.1) is 16.8 Å². The van der Waals surface area contributed by atoms with E-state index >= 15 is 0 Å². The summed E-state index contributed by atoms with van der Waals surface area (Å²) in [4.78, 5) is 12.5. The lowest BCUT2D eigenvalue weighted by Gasteiger charge is -2.13. The second kappa shape index (κ2) is 9.76. The van der Waals surface area contributed by atoms with Crippen LogP contribution in [0.2, 0.25) is 5.02 Å². The van der Waals surface area contributed by atoms with E-state index in [-0.39, 0.29) is 11.7 Å². The number of thioether (sulfide) groups is 1. The summed E-state index contributed by atoms with van der Waals surface area (Å²) < 4.78 is 1.94. The lowest BCUT2D eigenvalue weighted by molar-refractivity contribution is -0.113. The van der Waals surface area contributed by atoms with Crippen LogP contribution >= 0.6 is 23.4 Å². The number of carbonyl (C=O) groups is 1. The van der Waals surface area contributed by atoms with Crippen molar-refractivity contribution in [2.45, 2.75) is 31.5 Å². The zero-order valence-corrected chi connectivity index (χ0v) is 18.0. The highest BCUT2D eigenvalue weighted by Gasteiger charge is 2.16. The number of anilines is 1. The number of allylic oxidation sites excluding steroid dienone is 1. The van der Waals surface area contributed by atoms with Crippen molar-refractivity contribution in [3.8, 4) is 11.4 Å². The maximum absolute atomic E-state index is 12.5. The summed E-state index contributed by atoms with van der Waals surface area (Å²) in [6.07, 6.45) is 1.78. The van der Waals surface area contributed by atoms with Crippen LogP contribution in [-0.2, 0) is 11.3 Å². The van der Waals surface area contributed by atoms with Gasteiger partial charge < -0.3 is 5.32 Å². The molecular formula is C22H23ClN4OS. The molecule has 1 aromatic heterocycles. The minimum absolute atomic E-state index is 0.0794. The number of amides is 1. The standard InChI is InChI=1S/C22H23ClN4OS/c1-4-13-27-21(16-9-11-17(23)12-10-16)25-26-22(27)29-14-20(28)24-19-8-6-5-7-18(19)15(2)3/h4-12,15H,1,13-14H2,2-3H3,(H,24,28). The molecular weight excluding hydrogens is 404 g/mol. The average molecular weight is 427 g/mol. The van der Waals surface area contributed by atoms with E-state index < -0.39 is 0 Å². The van der Waals surface area contributed by atoms with E-state index in [0.717, 1.165) is 22.6 Å². The molecule has 5 nitrogen and oxygen atoms in total. The molecule has 0 atom stereocenters. The first-order valence-electron chi connectivity index (χ1n) is 9.31. The van der Waals surface area contributed by atoms with Gasteiger partial charge in [0.25, 0.3) is 0 Å². The summed E-state index contributed by atoms with van der Waals surface area (Å²) >= 11 is 7.33. The zero-order valence-electron chi connectivity index (χ0n) is 16.4. The van der Waals surface area contributed by atoms with Crippen LogP contribution in [0.5, 0.6) is 0 Å². The van der Waals surface area contributed by atoms with E-state index in [2.05, 4.69) is 35.9 Å². The second-order valence-corrected chi connectivity index (χ2v) is 8.17. The maximum Gasteiger partial charge on any atom is 0.234 e. The highest BCUT2D eigenvalue weighted by atomic mass is 35.5. The molecule has 0 unspecified atom stereocenters. The van der Waals surface area contributed by atoms with E-state index in [1.165, 1.54) is 11.8 Å². The van der Waals surface area contributed by atoms with Crippen LogP contribution in [0.15, 0.2) is 66.3 Å². The normalized spacial score (nSPS) is 10.9. The van der Waals surface area contributed by atoms with E-state index in [9.17, 15) is 4.79 Å².